The van der Waals surface area contributed by atoms with E-state index < -0.39 is 39.1 Å². The van der Waals surface area contributed by atoms with Crippen LogP contribution in [0.15, 0.2) is 23.4 Å². The standard InChI is InChI=1S/C10H10N2O6S/c1-10(16,9(14)15)5-12-8(13)6-3-2-4-11-7(6)19(12,17)18/h2-4,16H,5H2,1H3,(H,14,15). The van der Waals surface area contributed by atoms with E-state index in [9.17, 15) is 23.1 Å². The average molecular weight is 286 g/mol. The van der Waals surface area contributed by atoms with Crippen LogP contribution in [0.1, 0.15) is 17.3 Å². The fourth-order valence-corrected chi connectivity index (χ4v) is 3.19. The van der Waals surface area contributed by atoms with Gasteiger partial charge in [0.2, 0.25) is 0 Å². The first-order chi connectivity index (χ1) is 8.68. The number of sulfonamides is 1. The lowest BCUT2D eigenvalue weighted by Crippen LogP contribution is -2.48. The Morgan fingerprint density at radius 2 is 2.16 bits per heavy atom. The molecule has 0 aromatic carbocycles. The van der Waals surface area contributed by atoms with Gasteiger partial charge >= 0.3 is 5.97 Å². The number of carbonyl (C=O) groups is 2. The van der Waals surface area contributed by atoms with Gasteiger partial charge in [-0.1, -0.05) is 0 Å². The Labute approximate surface area is 108 Å². The third kappa shape index (κ3) is 1.96. The molecule has 0 bridgehead atoms. The molecule has 1 aromatic rings. The van der Waals surface area contributed by atoms with E-state index in [-0.39, 0.29) is 5.56 Å². The number of hydrogen-bond acceptors (Lipinski definition) is 6. The highest BCUT2D eigenvalue weighted by molar-refractivity contribution is 7.90. The fourth-order valence-electron chi connectivity index (χ4n) is 1.61. The Morgan fingerprint density at radius 3 is 2.68 bits per heavy atom. The maximum Gasteiger partial charge on any atom is 0.337 e. The van der Waals surface area contributed by atoms with Gasteiger partial charge in [0, 0.05) is 6.20 Å². The highest BCUT2D eigenvalue weighted by Gasteiger charge is 2.47. The molecule has 1 atom stereocenters. The number of aliphatic carboxylic acids is 1. The number of aliphatic hydroxyl groups is 1. The summed E-state index contributed by atoms with van der Waals surface area (Å²) in [5.74, 6) is -2.52. The number of carboxylic acid groups (broad SMARTS) is 1. The van der Waals surface area contributed by atoms with Gasteiger partial charge in [-0.2, -0.15) is 8.42 Å². The molecule has 0 spiro atoms. The highest BCUT2D eigenvalue weighted by Crippen LogP contribution is 2.29. The van der Waals surface area contributed by atoms with E-state index in [0.717, 1.165) is 6.92 Å². The first kappa shape index (κ1) is 13.4. The van der Waals surface area contributed by atoms with Crippen LogP contribution in [0.4, 0.5) is 0 Å². The maximum atomic E-state index is 12.0. The third-order valence-electron chi connectivity index (χ3n) is 2.67. The number of carboxylic acids is 1. The number of pyridine rings is 1. The first-order valence-corrected chi connectivity index (χ1v) is 6.60. The van der Waals surface area contributed by atoms with Crippen LogP contribution >= 0.6 is 0 Å². The van der Waals surface area contributed by atoms with Gasteiger partial charge in [-0.15, -0.1) is 0 Å². The van der Waals surface area contributed by atoms with Crippen molar-refractivity contribution in [2.24, 2.45) is 0 Å². The molecule has 8 nitrogen and oxygen atoms in total. The minimum Gasteiger partial charge on any atom is -0.479 e. The molecule has 2 N–H and O–H groups in total. The number of aromatic nitrogens is 1. The van der Waals surface area contributed by atoms with Crippen LogP contribution in [0.25, 0.3) is 0 Å². The highest BCUT2D eigenvalue weighted by atomic mass is 32.2. The molecular weight excluding hydrogens is 276 g/mol. The first-order valence-electron chi connectivity index (χ1n) is 5.16. The lowest BCUT2D eigenvalue weighted by Gasteiger charge is -2.23. The van der Waals surface area contributed by atoms with E-state index in [1.165, 1.54) is 18.3 Å². The molecule has 19 heavy (non-hydrogen) atoms. The van der Waals surface area contributed by atoms with Crippen LogP contribution < -0.4 is 0 Å². The topological polar surface area (TPSA) is 125 Å². The second-order valence-corrected chi connectivity index (χ2v) is 6.03. The summed E-state index contributed by atoms with van der Waals surface area (Å²) < 4.78 is 24.4. The van der Waals surface area contributed by atoms with Crippen molar-refractivity contribution in [2.75, 3.05) is 6.54 Å². The number of carbonyl (C=O) groups excluding carboxylic acids is 1. The lowest BCUT2D eigenvalue weighted by molar-refractivity contribution is -0.156. The quantitative estimate of drug-likeness (QED) is 0.734. The Balaban J connectivity index is 2.47. The van der Waals surface area contributed by atoms with Gasteiger partial charge in [0.05, 0.1) is 12.1 Å². The molecule has 1 unspecified atom stereocenters. The number of hydrogen-bond donors (Lipinski definition) is 2. The zero-order valence-corrected chi connectivity index (χ0v) is 10.6. The van der Waals surface area contributed by atoms with E-state index in [1.807, 2.05) is 0 Å². The van der Waals surface area contributed by atoms with Gasteiger partial charge < -0.3 is 10.2 Å². The molecule has 1 aromatic heterocycles. The zero-order chi connectivity index (χ0) is 14.4. The SMILES string of the molecule is CC(O)(CN1C(=O)c2cccnc2S1(=O)=O)C(=O)O. The summed E-state index contributed by atoms with van der Waals surface area (Å²) in [4.78, 5) is 26.3. The maximum absolute atomic E-state index is 12.0. The van der Waals surface area contributed by atoms with Crippen LogP contribution in [0.3, 0.4) is 0 Å². The molecular formula is C10H10N2O6S. The number of fused-ring (bicyclic) bond motifs is 1. The van der Waals surface area contributed by atoms with Crippen molar-refractivity contribution in [3.8, 4) is 0 Å². The van der Waals surface area contributed by atoms with Crippen molar-refractivity contribution in [1.29, 1.82) is 0 Å². The van der Waals surface area contributed by atoms with Crippen molar-refractivity contribution in [2.45, 2.75) is 17.6 Å². The summed E-state index contributed by atoms with van der Waals surface area (Å²) in [6, 6.07) is 2.67. The van der Waals surface area contributed by atoms with Gasteiger partial charge in [0.1, 0.15) is 0 Å². The van der Waals surface area contributed by atoms with Gasteiger partial charge in [-0.3, -0.25) is 4.79 Å². The Morgan fingerprint density at radius 1 is 1.53 bits per heavy atom. The molecule has 2 heterocycles. The zero-order valence-electron chi connectivity index (χ0n) is 9.77. The van der Waals surface area contributed by atoms with E-state index in [2.05, 4.69) is 4.98 Å². The minimum absolute atomic E-state index is 0.135. The largest absolute Gasteiger partial charge is 0.479 e. The van der Waals surface area contributed by atoms with Crippen LogP contribution in [0, 0.1) is 0 Å². The minimum atomic E-state index is -4.21. The number of rotatable bonds is 3. The molecule has 0 aliphatic carbocycles. The Hall–Kier alpha value is -2.00. The van der Waals surface area contributed by atoms with Crippen molar-refractivity contribution in [3.63, 3.8) is 0 Å². The van der Waals surface area contributed by atoms with Crippen LogP contribution in [-0.2, 0) is 14.8 Å². The average Bonchev–Trinajstić information content (AvgIpc) is 2.51. The van der Waals surface area contributed by atoms with Crippen molar-refractivity contribution in [1.82, 2.24) is 9.29 Å². The van der Waals surface area contributed by atoms with E-state index >= 15 is 0 Å². The Kier molecular flexibility index (Phi) is 2.83. The molecule has 0 saturated heterocycles. The summed E-state index contributed by atoms with van der Waals surface area (Å²) in [7, 11) is -4.21. The van der Waals surface area contributed by atoms with Gasteiger partial charge in [-0.25, -0.2) is 14.1 Å². The molecule has 9 heteroatoms. The summed E-state index contributed by atoms with van der Waals surface area (Å²) in [5.41, 5.74) is -2.51. The summed E-state index contributed by atoms with van der Waals surface area (Å²) in [6.45, 7) is 0.0361. The second kappa shape index (κ2) is 4.00. The van der Waals surface area contributed by atoms with Crippen LogP contribution in [0.5, 0.6) is 0 Å². The molecule has 0 saturated carbocycles. The monoisotopic (exact) mass is 286 g/mol. The predicted octanol–water partition coefficient (Wildman–Crippen LogP) is -0.938. The van der Waals surface area contributed by atoms with Crippen LogP contribution in [-0.4, -0.2) is 51.9 Å². The molecule has 0 fully saturated rings. The predicted molar refractivity (Wildman–Crippen MR) is 60.7 cm³/mol. The molecule has 1 aliphatic heterocycles. The van der Waals surface area contributed by atoms with Gasteiger partial charge in [0.15, 0.2) is 10.6 Å². The van der Waals surface area contributed by atoms with E-state index in [0.29, 0.717) is 4.31 Å². The van der Waals surface area contributed by atoms with Crippen molar-refractivity contribution in [3.05, 3.63) is 23.9 Å². The number of nitrogens with zero attached hydrogens (tertiary/aromatic N) is 2. The molecule has 1 amide bonds. The smallest absolute Gasteiger partial charge is 0.337 e. The second-order valence-electron chi connectivity index (χ2n) is 4.25. The third-order valence-corrected chi connectivity index (χ3v) is 4.36. The lowest BCUT2D eigenvalue weighted by atomic mass is 10.1. The molecule has 102 valence electrons. The fraction of sp³-hybridized carbons (Fsp3) is 0.300. The van der Waals surface area contributed by atoms with E-state index in [1.54, 1.807) is 0 Å². The summed E-state index contributed by atoms with van der Waals surface area (Å²) in [6.07, 6.45) is 1.21. The van der Waals surface area contributed by atoms with Crippen LogP contribution in [0.2, 0.25) is 0 Å². The molecule has 1 aliphatic rings. The van der Waals surface area contributed by atoms with Crippen molar-refractivity contribution >= 4 is 21.9 Å². The Bertz CT molecular complexity index is 666. The molecule has 2 rings (SSSR count). The normalized spacial score (nSPS) is 19.9. The summed E-state index contributed by atoms with van der Waals surface area (Å²) in [5, 5.41) is 18.0. The van der Waals surface area contributed by atoms with E-state index in [4.69, 9.17) is 5.11 Å². The number of β-amino-alcohol motifs (C(OH)–C–C–N with tert-alkyl or cyclic N) is 1. The van der Waals surface area contributed by atoms with Crippen molar-refractivity contribution < 1.29 is 28.2 Å². The van der Waals surface area contributed by atoms with Gasteiger partial charge in [0.25, 0.3) is 15.9 Å². The number of amides is 1. The molecule has 0 radical (unpaired) electrons. The van der Waals surface area contributed by atoms with Gasteiger partial charge in [-0.05, 0) is 19.1 Å². The summed E-state index contributed by atoms with van der Waals surface area (Å²) >= 11 is 0.